The van der Waals surface area contributed by atoms with E-state index in [9.17, 15) is 0 Å². The molecule has 1 fully saturated rings. The number of piperazine rings is 1. The van der Waals surface area contributed by atoms with E-state index < -0.39 is 0 Å². The van der Waals surface area contributed by atoms with E-state index in [1.807, 2.05) is 48.8 Å². The number of hydrogen-bond acceptors (Lipinski definition) is 5. The van der Waals surface area contributed by atoms with Gasteiger partial charge in [-0.1, -0.05) is 36.4 Å². The standard InChI is InChI=1S/C25H26N4O/c1-3-7-23-19(5-1)15-21(17-27-23)25(30-14-13-29-11-9-26-10-12-29)22-16-20-6-2-4-8-24(20)28-18-22/h1-8,15-18,25-26H,9-14H2. The molecule has 2 aromatic heterocycles. The number of para-hydroxylation sites is 2. The number of nitrogens with zero attached hydrogens (tertiary/aromatic N) is 3. The van der Waals surface area contributed by atoms with Gasteiger partial charge >= 0.3 is 0 Å². The highest BCUT2D eigenvalue weighted by Crippen LogP contribution is 2.29. The minimum absolute atomic E-state index is 0.192. The van der Waals surface area contributed by atoms with Crippen molar-refractivity contribution in [1.82, 2.24) is 20.2 Å². The normalized spacial score (nSPS) is 15.2. The third-order valence-electron chi connectivity index (χ3n) is 5.73. The van der Waals surface area contributed by atoms with E-state index in [0.29, 0.717) is 6.61 Å². The number of pyridine rings is 2. The topological polar surface area (TPSA) is 50.3 Å². The van der Waals surface area contributed by atoms with Crippen molar-refractivity contribution in [2.45, 2.75) is 6.10 Å². The molecule has 4 aromatic rings. The minimum atomic E-state index is -0.192. The minimum Gasteiger partial charge on any atom is -0.367 e. The largest absolute Gasteiger partial charge is 0.367 e. The highest BCUT2D eigenvalue weighted by atomic mass is 16.5. The van der Waals surface area contributed by atoms with E-state index in [0.717, 1.165) is 65.7 Å². The van der Waals surface area contributed by atoms with Crippen molar-refractivity contribution in [1.29, 1.82) is 0 Å². The average molecular weight is 399 g/mol. The summed E-state index contributed by atoms with van der Waals surface area (Å²) in [7, 11) is 0. The van der Waals surface area contributed by atoms with Gasteiger partial charge in [-0.25, -0.2) is 0 Å². The van der Waals surface area contributed by atoms with Gasteiger partial charge < -0.3 is 10.1 Å². The number of nitrogens with one attached hydrogen (secondary N) is 1. The summed E-state index contributed by atoms with van der Waals surface area (Å²) < 4.78 is 6.47. The Hall–Kier alpha value is -2.86. The van der Waals surface area contributed by atoms with Crippen LogP contribution in [0.4, 0.5) is 0 Å². The fourth-order valence-corrected chi connectivity index (χ4v) is 4.08. The Morgan fingerprint density at radius 2 is 1.40 bits per heavy atom. The van der Waals surface area contributed by atoms with Gasteiger partial charge in [-0.05, 0) is 24.3 Å². The van der Waals surface area contributed by atoms with Crippen molar-refractivity contribution in [2.24, 2.45) is 0 Å². The van der Waals surface area contributed by atoms with Gasteiger partial charge in [0.15, 0.2) is 0 Å². The van der Waals surface area contributed by atoms with Gasteiger partial charge in [0.05, 0.1) is 17.6 Å². The van der Waals surface area contributed by atoms with Crippen LogP contribution >= 0.6 is 0 Å². The molecular weight excluding hydrogens is 372 g/mol. The average Bonchev–Trinajstić information content (AvgIpc) is 2.82. The molecule has 0 radical (unpaired) electrons. The molecule has 0 unspecified atom stereocenters. The Labute approximate surface area is 176 Å². The molecule has 3 heterocycles. The molecule has 0 saturated carbocycles. The summed E-state index contributed by atoms with van der Waals surface area (Å²) in [5, 5.41) is 5.65. The first-order valence-electron chi connectivity index (χ1n) is 10.6. The number of fused-ring (bicyclic) bond motifs is 2. The van der Waals surface area contributed by atoms with Crippen LogP contribution in [0.2, 0.25) is 0 Å². The summed E-state index contributed by atoms with van der Waals surface area (Å²) in [5.41, 5.74) is 4.12. The van der Waals surface area contributed by atoms with Gasteiger partial charge in [0, 0.05) is 67.0 Å². The summed E-state index contributed by atoms with van der Waals surface area (Å²) in [6, 6.07) is 20.8. The van der Waals surface area contributed by atoms with Crippen LogP contribution < -0.4 is 5.32 Å². The van der Waals surface area contributed by atoms with Crippen molar-refractivity contribution >= 4 is 21.8 Å². The van der Waals surface area contributed by atoms with Gasteiger partial charge in [-0.15, -0.1) is 0 Å². The molecule has 0 spiro atoms. The molecular formula is C25H26N4O. The maximum atomic E-state index is 6.47. The number of aromatic nitrogens is 2. The van der Waals surface area contributed by atoms with Crippen LogP contribution in [0.1, 0.15) is 17.2 Å². The number of rotatable bonds is 6. The zero-order chi connectivity index (χ0) is 20.2. The molecule has 5 nitrogen and oxygen atoms in total. The lowest BCUT2D eigenvalue weighted by Crippen LogP contribution is -2.44. The van der Waals surface area contributed by atoms with E-state index in [1.165, 1.54) is 0 Å². The second kappa shape index (κ2) is 8.88. The lowest BCUT2D eigenvalue weighted by molar-refractivity contribution is 0.0571. The van der Waals surface area contributed by atoms with Crippen LogP contribution in [0.15, 0.2) is 73.1 Å². The van der Waals surface area contributed by atoms with Gasteiger partial charge in [0.2, 0.25) is 0 Å². The fourth-order valence-electron chi connectivity index (χ4n) is 4.08. The van der Waals surface area contributed by atoms with Gasteiger partial charge in [0.25, 0.3) is 0 Å². The van der Waals surface area contributed by atoms with E-state index in [1.54, 1.807) is 0 Å². The summed E-state index contributed by atoms with van der Waals surface area (Å²) in [6.45, 7) is 5.84. The van der Waals surface area contributed by atoms with Crippen LogP contribution in [-0.2, 0) is 4.74 Å². The molecule has 2 aromatic carbocycles. The zero-order valence-corrected chi connectivity index (χ0v) is 17.0. The zero-order valence-electron chi connectivity index (χ0n) is 17.0. The first kappa shape index (κ1) is 19.1. The van der Waals surface area contributed by atoms with Crippen molar-refractivity contribution in [3.05, 3.63) is 84.2 Å². The Morgan fingerprint density at radius 1 is 0.833 bits per heavy atom. The summed E-state index contributed by atoms with van der Waals surface area (Å²) in [5.74, 6) is 0. The molecule has 30 heavy (non-hydrogen) atoms. The fraction of sp³-hybridized carbons (Fsp3) is 0.280. The molecule has 1 aliphatic heterocycles. The molecule has 0 atom stereocenters. The van der Waals surface area contributed by atoms with Crippen molar-refractivity contribution in [3.63, 3.8) is 0 Å². The van der Waals surface area contributed by atoms with Gasteiger partial charge in [-0.3, -0.25) is 14.9 Å². The quantitative estimate of drug-likeness (QED) is 0.535. The van der Waals surface area contributed by atoms with Gasteiger partial charge in [-0.2, -0.15) is 0 Å². The first-order valence-corrected chi connectivity index (χ1v) is 10.6. The predicted molar refractivity (Wildman–Crippen MR) is 121 cm³/mol. The van der Waals surface area contributed by atoms with E-state index in [2.05, 4.69) is 44.5 Å². The molecule has 1 aliphatic rings. The molecule has 5 heteroatoms. The monoisotopic (exact) mass is 398 g/mol. The van der Waals surface area contributed by atoms with Crippen molar-refractivity contribution < 1.29 is 4.74 Å². The van der Waals surface area contributed by atoms with Crippen molar-refractivity contribution in [3.8, 4) is 0 Å². The molecule has 0 amide bonds. The van der Waals surface area contributed by atoms with Crippen molar-refractivity contribution in [2.75, 3.05) is 39.3 Å². The summed E-state index contributed by atoms with van der Waals surface area (Å²) in [6.07, 6.45) is 3.68. The van der Waals surface area contributed by atoms with Gasteiger partial charge in [0.1, 0.15) is 6.10 Å². The first-order chi connectivity index (χ1) is 14.9. The molecule has 1 N–H and O–H groups in total. The lowest BCUT2D eigenvalue weighted by Gasteiger charge is -2.28. The maximum Gasteiger partial charge on any atom is 0.111 e. The Morgan fingerprint density at radius 3 is 2.00 bits per heavy atom. The Balaban J connectivity index is 1.45. The third-order valence-corrected chi connectivity index (χ3v) is 5.73. The Bertz CT molecular complexity index is 1060. The molecule has 5 rings (SSSR count). The summed E-state index contributed by atoms with van der Waals surface area (Å²) >= 11 is 0. The summed E-state index contributed by atoms with van der Waals surface area (Å²) in [4.78, 5) is 11.8. The predicted octanol–water partition coefficient (Wildman–Crippen LogP) is 3.79. The van der Waals surface area contributed by atoms with Crippen LogP contribution in [0, 0.1) is 0 Å². The maximum absolute atomic E-state index is 6.47. The SMILES string of the molecule is c1ccc2ncc(C(OCCN3CCNCC3)c3cnc4ccccc4c3)cc2c1. The molecule has 0 aliphatic carbocycles. The molecule has 152 valence electrons. The highest BCUT2D eigenvalue weighted by molar-refractivity contribution is 5.80. The lowest BCUT2D eigenvalue weighted by atomic mass is 10.0. The smallest absolute Gasteiger partial charge is 0.111 e. The van der Waals surface area contributed by atoms with Crippen LogP contribution in [0.5, 0.6) is 0 Å². The van der Waals surface area contributed by atoms with E-state index >= 15 is 0 Å². The second-order valence-electron chi connectivity index (χ2n) is 7.77. The van der Waals surface area contributed by atoms with Crippen LogP contribution in [0.25, 0.3) is 21.8 Å². The Kier molecular flexibility index (Phi) is 5.66. The van der Waals surface area contributed by atoms with E-state index in [4.69, 9.17) is 4.74 Å². The number of ether oxygens (including phenoxy) is 1. The number of benzene rings is 2. The van der Waals surface area contributed by atoms with Crippen LogP contribution in [0.3, 0.4) is 0 Å². The highest BCUT2D eigenvalue weighted by Gasteiger charge is 2.18. The molecule has 1 saturated heterocycles. The molecule has 0 bridgehead atoms. The van der Waals surface area contributed by atoms with Crippen LogP contribution in [-0.4, -0.2) is 54.2 Å². The second-order valence-corrected chi connectivity index (χ2v) is 7.77. The number of hydrogen-bond donors (Lipinski definition) is 1. The third kappa shape index (κ3) is 4.19. The van der Waals surface area contributed by atoms with E-state index in [-0.39, 0.29) is 6.10 Å².